The van der Waals surface area contributed by atoms with Crippen molar-refractivity contribution in [1.82, 2.24) is 10.2 Å². The molecule has 2 unspecified atom stereocenters. The standard InChI is InChI=1S/C22H24ClF2N3O5/c1-22(2,3)33-21(30)32-15-6-4-5-14(24)17(15)28-10-13(23)18-16(19(28)25)20(29)27-8-7-26-9-12(27)11-31-18/h4-6,10,12,19,26H,7-9,11H2,1-3H3. The first kappa shape index (κ1) is 23.3. The molecular weight excluding hydrogens is 460 g/mol. The number of benzene rings is 1. The first-order valence-electron chi connectivity index (χ1n) is 10.4. The summed E-state index contributed by atoms with van der Waals surface area (Å²) in [6.07, 6.45) is -2.11. The normalized spacial score (nSPS) is 23.2. The molecular formula is C22H24ClF2N3O5. The number of alkyl halides is 1. The van der Waals surface area contributed by atoms with E-state index in [1.54, 1.807) is 20.8 Å². The lowest BCUT2D eigenvalue weighted by atomic mass is 10.1. The molecule has 8 nitrogen and oxygen atoms in total. The van der Waals surface area contributed by atoms with E-state index in [-0.39, 0.29) is 34.8 Å². The maximum atomic E-state index is 15.9. The topological polar surface area (TPSA) is 80.3 Å². The predicted octanol–water partition coefficient (Wildman–Crippen LogP) is 3.42. The molecule has 1 aromatic carbocycles. The number of halogens is 3. The van der Waals surface area contributed by atoms with Crippen molar-refractivity contribution in [2.45, 2.75) is 38.7 Å². The molecule has 3 heterocycles. The second-order valence-corrected chi connectivity index (χ2v) is 9.19. The van der Waals surface area contributed by atoms with E-state index in [9.17, 15) is 14.0 Å². The van der Waals surface area contributed by atoms with E-state index in [4.69, 9.17) is 25.8 Å². The number of carbonyl (C=O) groups excluding carboxylic acids is 2. The number of ether oxygens (including phenoxy) is 3. The molecule has 2 atom stereocenters. The minimum absolute atomic E-state index is 0.0773. The molecule has 1 N–H and O–H groups in total. The maximum absolute atomic E-state index is 15.9. The van der Waals surface area contributed by atoms with Crippen molar-refractivity contribution in [3.8, 4) is 5.75 Å². The summed E-state index contributed by atoms with van der Waals surface area (Å²) in [5, 5.41) is 3.09. The smallest absolute Gasteiger partial charge is 0.489 e. The van der Waals surface area contributed by atoms with Gasteiger partial charge in [0.2, 0.25) is 6.30 Å². The minimum Gasteiger partial charge on any atom is -0.489 e. The number of rotatable bonds is 2. The van der Waals surface area contributed by atoms with E-state index in [2.05, 4.69) is 5.32 Å². The van der Waals surface area contributed by atoms with Gasteiger partial charge in [-0.1, -0.05) is 17.7 Å². The van der Waals surface area contributed by atoms with E-state index < -0.39 is 35.5 Å². The zero-order valence-electron chi connectivity index (χ0n) is 18.4. The molecule has 1 amide bonds. The summed E-state index contributed by atoms with van der Waals surface area (Å²) in [5.41, 5.74) is -1.60. The largest absolute Gasteiger partial charge is 0.514 e. The van der Waals surface area contributed by atoms with Crippen molar-refractivity contribution in [3.05, 3.63) is 46.6 Å². The zero-order valence-corrected chi connectivity index (χ0v) is 19.1. The Labute approximate surface area is 194 Å². The predicted molar refractivity (Wildman–Crippen MR) is 116 cm³/mol. The molecule has 11 heteroatoms. The first-order valence-corrected chi connectivity index (χ1v) is 10.8. The summed E-state index contributed by atoms with van der Waals surface area (Å²) in [6, 6.07) is 3.38. The Bertz CT molecular complexity index is 1040. The number of hydrogen-bond acceptors (Lipinski definition) is 7. The van der Waals surface area contributed by atoms with E-state index in [0.29, 0.717) is 19.6 Å². The molecule has 1 aromatic rings. The molecule has 1 fully saturated rings. The molecule has 3 aliphatic heterocycles. The number of piperazine rings is 1. The lowest BCUT2D eigenvalue weighted by Crippen LogP contribution is -2.55. The fourth-order valence-electron chi connectivity index (χ4n) is 3.85. The van der Waals surface area contributed by atoms with Crippen LogP contribution in [0.4, 0.5) is 19.3 Å². The summed E-state index contributed by atoms with van der Waals surface area (Å²) in [4.78, 5) is 27.8. The van der Waals surface area contributed by atoms with Crippen LogP contribution in [0, 0.1) is 5.82 Å². The number of amides is 1. The quantitative estimate of drug-likeness (QED) is 0.392. The van der Waals surface area contributed by atoms with E-state index in [0.717, 1.165) is 17.2 Å². The van der Waals surface area contributed by atoms with E-state index in [1.165, 1.54) is 17.0 Å². The van der Waals surface area contributed by atoms with Gasteiger partial charge in [0.1, 0.15) is 23.5 Å². The van der Waals surface area contributed by atoms with Crippen molar-refractivity contribution >= 4 is 29.4 Å². The van der Waals surface area contributed by atoms with Gasteiger partial charge in [-0.3, -0.25) is 4.79 Å². The monoisotopic (exact) mass is 483 g/mol. The lowest BCUT2D eigenvalue weighted by Gasteiger charge is -2.36. The van der Waals surface area contributed by atoms with Crippen LogP contribution < -0.4 is 15.0 Å². The highest BCUT2D eigenvalue weighted by molar-refractivity contribution is 6.32. The molecule has 4 rings (SSSR count). The maximum Gasteiger partial charge on any atom is 0.514 e. The number of fused-ring (bicyclic) bond motifs is 1. The van der Waals surface area contributed by atoms with Crippen LogP contribution in [0.2, 0.25) is 0 Å². The molecule has 1 saturated heterocycles. The third kappa shape index (κ3) is 4.63. The molecule has 3 aliphatic rings. The third-order valence-electron chi connectivity index (χ3n) is 5.25. The van der Waals surface area contributed by atoms with Gasteiger partial charge in [0.05, 0.1) is 11.1 Å². The summed E-state index contributed by atoms with van der Waals surface area (Å²) < 4.78 is 46.8. The van der Waals surface area contributed by atoms with Crippen LogP contribution in [0.3, 0.4) is 0 Å². The van der Waals surface area contributed by atoms with Gasteiger partial charge in [-0.25, -0.2) is 13.6 Å². The van der Waals surface area contributed by atoms with Crippen LogP contribution in [0.25, 0.3) is 0 Å². The van der Waals surface area contributed by atoms with Gasteiger partial charge in [-0.05, 0) is 32.9 Å². The Balaban J connectivity index is 1.70. The molecule has 0 aliphatic carbocycles. The number of allylic oxidation sites excluding steroid dienone is 1. The van der Waals surface area contributed by atoms with Crippen LogP contribution in [-0.4, -0.2) is 61.1 Å². The molecule has 0 aromatic heterocycles. The SMILES string of the molecule is CC(C)(C)OC(=O)Oc1cccc(F)c1N1C=C(Cl)C2=C(C(=O)N3CCNCC3CO2)C1F. The minimum atomic E-state index is -2.14. The molecule has 0 bridgehead atoms. The first-order chi connectivity index (χ1) is 15.6. The van der Waals surface area contributed by atoms with Gasteiger partial charge >= 0.3 is 6.16 Å². The Morgan fingerprint density at radius 3 is 2.82 bits per heavy atom. The van der Waals surface area contributed by atoms with Crippen LogP contribution >= 0.6 is 11.6 Å². The Morgan fingerprint density at radius 1 is 1.33 bits per heavy atom. The Morgan fingerprint density at radius 2 is 2.09 bits per heavy atom. The highest BCUT2D eigenvalue weighted by Gasteiger charge is 2.44. The molecule has 0 spiro atoms. The number of nitrogens with zero attached hydrogens (tertiary/aromatic N) is 2. The number of anilines is 1. The summed E-state index contributed by atoms with van der Waals surface area (Å²) >= 11 is 6.36. The van der Waals surface area contributed by atoms with Crippen molar-refractivity contribution in [1.29, 1.82) is 0 Å². The Hall–Kier alpha value is -2.85. The van der Waals surface area contributed by atoms with E-state index >= 15 is 4.39 Å². The van der Waals surface area contributed by atoms with Gasteiger partial charge in [-0.2, -0.15) is 0 Å². The molecule has 33 heavy (non-hydrogen) atoms. The van der Waals surface area contributed by atoms with E-state index in [1.807, 2.05) is 0 Å². The number of carbonyl (C=O) groups is 2. The Kier molecular flexibility index (Phi) is 6.24. The summed E-state index contributed by atoms with van der Waals surface area (Å²) in [6.45, 7) is 6.47. The number of hydrogen-bond donors (Lipinski definition) is 1. The number of nitrogens with one attached hydrogen (secondary N) is 1. The second-order valence-electron chi connectivity index (χ2n) is 8.78. The molecule has 0 radical (unpaired) electrons. The molecule has 0 saturated carbocycles. The zero-order chi connectivity index (χ0) is 23.9. The lowest BCUT2D eigenvalue weighted by molar-refractivity contribution is -0.130. The highest BCUT2D eigenvalue weighted by atomic mass is 35.5. The fourth-order valence-corrected chi connectivity index (χ4v) is 4.11. The van der Waals surface area contributed by atoms with Crippen LogP contribution in [-0.2, 0) is 14.3 Å². The highest BCUT2D eigenvalue weighted by Crippen LogP contribution is 2.41. The second kappa shape index (κ2) is 8.83. The van der Waals surface area contributed by atoms with Crippen molar-refractivity contribution in [2.75, 3.05) is 31.1 Å². The number of para-hydroxylation sites is 1. The molecule has 178 valence electrons. The van der Waals surface area contributed by atoms with Crippen molar-refractivity contribution in [3.63, 3.8) is 0 Å². The van der Waals surface area contributed by atoms with Crippen LogP contribution in [0.1, 0.15) is 20.8 Å². The van der Waals surface area contributed by atoms with Crippen LogP contribution in [0.5, 0.6) is 5.75 Å². The summed E-state index contributed by atoms with van der Waals surface area (Å²) in [7, 11) is 0. The third-order valence-corrected chi connectivity index (χ3v) is 5.52. The summed E-state index contributed by atoms with van der Waals surface area (Å²) in [5.74, 6) is -1.83. The van der Waals surface area contributed by atoms with Gasteiger partial charge in [0.25, 0.3) is 5.91 Å². The van der Waals surface area contributed by atoms with Gasteiger partial charge in [0, 0.05) is 25.8 Å². The fraction of sp³-hybridized carbons (Fsp3) is 0.455. The van der Waals surface area contributed by atoms with Crippen molar-refractivity contribution in [2.24, 2.45) is 0 Å². The van der Waals surface area contributed by atoms with Gasteiger partial charge in [-0.15, -0.1) is 0 Å². The van der Waals surface area contributed by atoms with Gasteiger partial charge in [0.15, 0.2) is 17.3 Å². The average Bonchev–Trinajstić information content (AvgIpc) is 2.87. The van der Waals surface area contributed by atoms with Crippen molar-refractivity contribution < 1.29 is 32.6 Å². The van der Waals surface area contributed by atoms with Gasteiger partial charge < -0.3 is 29.3 Å². The average molecular weight is 484 g/mol. The van der Waals surface area contributed by atoms with Crippen LogP contribution in [0.15, 0.2) is 40.8 Å².